The minimum absolute atomic E-state index is 0.0129. The molecule has 0 radical (unpaired) electrons. The normalized spacial score (nSPS) is 27.7. The number of carboxylic acid groups (broad SMARTS) is 1. The van der Waals surface area contributed by atoms with Gasteiger partial charge in [-0.3, -0.25) is 14.4 Å². The first-order valence-electron chi connectivity index (χ1n) is 8.39. The summed E-state index contributed by atoms with van der Waals surface area (Å²) in [5, 5.41) is 9.19. The molecule has 2 rings (SSSR count). The van der Waals surface area contributed by atoms with Gasteiger partial charge < -0.3 is 14.9 Å². The van der Waals surface area contributed by atoms with Crippen LogP contribution in [0.2, 0.25) is 0 Å². The number of hydrogen-bond acceptors (Lipinski definition) is 4. The van der Waals surface area contributed by atoms with Crippen molar-refractivity contribution in [3.05, 3.63) is 0 Å². The first-order valence-corrected chi connectivity index (χ1v) is 9.54. The van der Waals surface area contributed by atoms with Gasteiger partial charge in [0.05, 0.1) is 11.8 Å². The third-order valence-corrected chi connectivity index (χ3v) is 5.91. The molecule has 1 aliphatic carbocycles. The monoisotopic (exact) mass is 342 g/mol. The Morgan fingerprint density at radius 3 is 2.43 bits per heavy atom. The van der Waals surface area contributed by atoms with Gasteiger partial charge >= 0.3 is 5.97 Å². The van der Waals surface area contributed by atoms with E-state index in [9.17, 15) is 19.5 Å². The van der Waals surface area contributed by atoms with E-state index in [4.69, 9.17) is 0 Å². The Bertz CT molecular complexity index is 467. The molecule has 6 nitrogen and oxygen atoms in total. The number of aliphatic carboxylic acids is 1. The van der Waals surface area contributed by atoms with E-state index in [0.717, 1.165) is 12.8 Å². The average molecular weight is 342 g/mol. The van der Waals surface area contributed by atoms with Gasteiger partial charge in [-0.1, -0.05) is 6.42 Å². The van der Waals surface area contributed by atoms with Gasteiger partial charge in [0, 0.05) is 24.8 Å². The van der Waals surface area contributed by atoms with Gasteiger partial charge in [0.1, 0.15) is 6.04 Å². The van der Waals surface area contributed by atoms with E-state index in [2.05, 4.69) is 0 Å². The molecule has 2 aliphatic rings. The zero-order valence-electron chi connectivity index (χ0n) is 13.9. The van der Waals surface area contributed by atoms with Crippen LogP contribution in [0.15, 0.2) is 0 Å². The standard InChI is InChI=1S/C16H26N2O4S/c1-3-17(4-2)15(20)13-9-23-10-18(13)14(19)11-6-5-7-12(8-11)16(21)22/h11-13H,3-10H2,1-2H3,(H,21,22). The molecule has 2 fully saturated rings. The maximum absolute atomic E-state index is 12.8. The number of amides is 2. The van der Waals surface area contributed by atoms with Crippen LogP contribution in [0.3, 0.4) is 0 Å². The summed E-state index contributed by atoms with van der Waals surface area (Å²) < 4.78 is 0. The lowest BCUT2D eigenvalue weighted by molar-refractivity contribution is -0.149. The molecule has 7 heteroatoms. The van der Waals surface area contributed by atoms with Gasteiger partial charge in [-0.05, 0) is 33.1 Å². The Hall–Kier alpha value is -1.24. The van der Waals surface area contributed by atoms with E-state index >= 15 is 0 Å². The molecule has 1 heterocycles. The van der Waals surface area contributed by atoms with Crippen LogP contribution in [-0.2, 0) is 14.4 Å². The predicted molar refractivity (Wildman–Crippen MR) is 89.0 cm³/mol. The van der Waals surface area contributed by atoms with Crippen molar-refractivity contribution in [2.75, 3.05) is 24.7 Å². The minimum atomic E-state index is -0.811. The minimum Gasteiger partial charge on any atom is -0.481 e. The number of nitrogens with zero attached hydrogens (tertiary/aromatic N) is 2. The number of carboxylic acids is 1. The van der Waals surface area contributed by atoms with Gasteiger partial charge in [0.25, 0.3) is 0 Å². The van der Waals surface area contributed by atoms with Crippen LogP contribution in [-0.4, -0.2) is 63.5 Å². The average Bonchev–Trinajstić information content (AvgIpc) is 3.04. The quantitative estimate of drug-likeness (QED) is 0.822. The predicted octanol–water partition coefficient (Wildman–Crippen LogP) is 1.65. The maximum Gasteiger partial charge on any atom is 0.306 e. The first-order chi connectivity index (χ1) is 11.0. The molecule has 0 aromatic carbocycles. The molecule has 0 spiro atoms. The zero-order chi connectivity index (χ0) is 17.0. The van der Waals surface area contributed by atoms with Gasteiger partial charge in [-0.15, -0.1) is 11.8 Å². The Balaban J connectivity index is 2.05. The topological polar surface area (TPSA) is 77.9 Å². The first kappa shape index (κ1) is 18.1. The second-order valence-corrected chi connectivity index (χ2v) is 7.23. The van der Waals surface area contributed by atoms with Crippen molar-refractivity contribution < 1.29 is 19.5 Å². The lowest BCUT2D eigenvalue weighted by Crippen LogP contribution is -2.50. The van der Waals surface area contributed by atoms with Crippen molar-refractivity contribution >= 4 is 29.5 Å². The summed E-state index contributed by atoms with van der Waals surface area (Å²) in [4.78, 5) is 40.1. The molecular weight excluding hydrogens is 316 g/mol. The second kappa shape index (κ2) is 8.04. The van der Waals surface area contributed by atoms with Crippen LogP contribution in [0, 0.1) is 11.8 Å². The number of carbonyl (C=O) groups is 3. The summed E-state index contributed by atoms with van der Waals surface area (Å²) in [5.41, 5.74) is 0. The highest BCUT2D eigenvalue weighted by Crippen LogP contribution is 2.33. The molecule has 1 N–H and O–H groups in total. The largest absolute Gasteiger partial charge is 0.481 e. The molecule has 3 atom stereocenters. The highest BCUT2D eigenvalue weighted by Gasteiger charge is 2.40. The Morgan fingerprint density at radius 2 is 1.83 bits per heavy atom. The van der Waals surface area contributed by atoms with Crippen molar-refractivity contribution in [3.8, 4) is 0 Å². The fourth-order valence-corrected chi connectivity index (χ4v) is 4.64. The van der Waals surface area contributed by atoms with E-state index in [0.29, 0.717) is 37.6 Å². The molecule has 0 aromatic rings. The molecule has 0 bridgehead atoms. The number of hydrogen-bond donors (Lipinski definition) is 1. The van der Waals surface area contributed by atoms with Crippen LogP contribution < -0.4 is 0 Å². The summed E-state index contributed by atoms with van der Waals surface area (Å²) in [6, 6.07) is -0.391. The zero-order valence-corrected chi connectivity index (χ0v) is 14.7. The SMILES string of the molecule is CCN(CC)C(=O)C1CSCN1C(=O)C1CCCC(C(=O)O)C1. The summed E-state index contributed by atoms with van der Waals surface area (Å²) in [6.45, 7) is 5.16. The third kappa shape index (κ3) is 4.00. The number of carbonyl (C=O) groups excluding carboxylic acids is 2. The summed E-state index contributed by atoms with van der Waals surface area (Å²) in [7, 11) is 0. The van der Waals surface area contributed by atoms with E-state index in [-0.39, 0.29) is 17.7 Å². The fourth-order valence-electron chi connectivity index (χ4n) is 3.48. The van der Waals surface area contributed by atoms with Crippen molar-refractivity contribution in [1.29, 1.82) is 0 Å². The van der Waals surface area contributed by atoms with Crippen molar-refractivity contribution in [2.24, 2.45) is 11.8 Å². The molecule has 0 aromatic heterocycles. The second-order valence-electron chi connectivity index (χ2n) is 6.23. The van der Waals surface area contributed by atoms with Gasteiger partial charge in [-0.25, -0.2) is 0 Å². The van der Waals surface area contributed by atoms with Crippen molar-refractivity contribution in [3.63, 3.8) is 0 Å². The molecule has 1 saturated carbocycles. The summed E-state index contributed by atoms with van der Waals surface area (Å²) >= 11 is 1.60. The lowest BCUT2D eigenvalue weighted by atomic mass is 9.80. The highest BCUT2D eigenvalue weighted by molar-refractivity contribution is 7.99. The molecule has 130 valence electrons. The Labute approximate surface area is 141 Å². The van der Waals surface area contributed by atoms with Crippen molar-refractivity contribution in [2.45, 2.75) is 45.6 Å². The van der Waals surface area contributed by atoms with E-state index in [1.807, 2.05) is 13.8 Å². The summed E-state index contributed by atoms with van der Waals surface area (Å²) in [6.07, 6.45) is 2.55. The number of likely N-dealkylation sites (N-methyl/N-ethyl adjacent to an activating group) is 1. The molecule has 1 saturated heterocycles. The molecule has 1 aliphatic heterocycles. The molecule has 3 unspecified atom stereocenters. The van der Waals surface area contributed by atoms with E-state index in [1.165, 1.54) is 0 Å². The Kier molecular flexibility index (Phi) is 6.33. The van der Waals surface area contributed by atoms with Gasteiger partial charge in [0.2, 0.25) is 11.8 Å². The highest BCUT2D eigenvalue weighted by atomic mass is 32.2. The van der Waals surface area contributed by atoms with Gasteiger partial charge in [0.15, 0.2) is 0 Å². The maximum atomic E-state index is 12.8. The van der Waals surface area contributed by atoms with Crippen LogP contribution in [0.25, 0.3) is 0 Å². The van der Waals surface area contributed by atoms with Crippen LogP contribution in [0.5, 0.6) is 0 Å². The lowest BCUT2D eigenvalue weighted by Gasteiger charge is -2.33. The Morgan fingerprint density at radius 1 is 1.17 bits per heavy atom. The van der Waals surface area contributed by atoms with Crippen molar-refractivity contribution in [1.82, 2.24) is 9.80 Å². The number of thioether (sulfide) groups is 1. The van der Waals surface area contributed by atoms with Crippen LogP contribution >= 0.6 is 11.8 Å². The van der Waals surface area contributed by atoms with Crippen LogP contribution in [0.1, 0.15) is 39.5 Å². The van der Waals surface area contributed by atoms with E-state index in [1.54, 1.807) is 21.6 Å². The molecule has 23 heavy (non-hydrogen) atoms. The summed E-state index contributed by atoms with van der Waals surface area (Å²) in [5.74, 6) is -0.346. The molecule has 2 amide bonds. The fraction of sp³-hybridized carbons (Fsp3) is 0.812. The smallest absolute Gasteiger partial charge is 0.306 e. The molecular formula is C16H26N2O4S. The third-order valence-electron chi connectivity index (χ3n) is 4.90. The van der Waals surface area contributed by atoms with E-state index < -0.39 is 17.9 Å². The van der Waals surface area contributed by atoms with Gasteiger partial charge in [-0.2, -0.15) is 0 Å². The van der Waals surface area contributed by atoms with Crippen LogP contribution in [0.4, 0.5) is 0 Å². The number of rotatable bonds is 5.